The molecule has 2 saturated carbocycles. The highest BCUT2D eigenvalue weighted by Crippen LogP contribution is 2.29. The van der Waals surface area contributed by atoms with E-state index in [-0.39, 0.29) is 0 Å². The van der Waals surface area contributed by atoms with Crippen LogP contribution in [-0.2, 0) is 29.1 Å². The lowest BCUT2D eigenvalue weighted by Crippen LogP contribution is -2.20. The van der Waals surface area contributed by atoms with Gasteiger partial charge in [0.15, 0.2) is 0 Å². The van der Waals surface area contributed by atoms with Gasteiger partial charge in [0.1, 0.15) is 0 Å². The third kappa shape index (κ3) is 8.71. The average Bonchev–Trinajstić information content (AvgIpc) is 2.91. The third-order valence-electron chi connectivity index (χ3n) is 8.15. The van der Waals surface area contributed by atoms with Crippen molar-refractivity contribution in [2.24, 2.45) is 23.7 Å². The van der Waals surface area contributed by atoms with Gasteiger partial charge in [-0.05, 0) is 104 Å². The Morgan fingerprint density at radius 2 is 0.800 bits per heavy atom. The molecule has 0 radical (unpaired) electrons. The minimum atomic E-state index is 0.340. The second-order valence-electron chi connectivity index (χ2n) is 11.0. The van der Waals surface area contributed by atoms with E-state index >= 15 is 0 Å². The fourth-order valence-corrected chi connectivity index (χ4v) is 5.59. The van der Waals surface area contributed by atoms with Crippen molar-refractivity contribution in [3.63, 3.8) is 0 Å². The van der Waals surface area contributed by atoms with E-state index in [1.807, 2.05) is 0 Å². The molecule has 0 atom stereocenters. The van der Waals surface area contributed by atoms with Crippen LogP contribution in [-0.4, -0.2) is 36.6 Å². The smallest absolute Gasteiger partial charge is 0.0717 e. The van der Waals surface area contributed by atoms with E-state index in [0.29, 0.717) is 50.1 Å². The number of hydrogen-bond acceptors (Lipinski definition) is 4. The Hall–Kier alpha value is -1.72. The number of aliphatic hydroxyl groups is 2. The van der Waals surface area contributed by atoms with Gasteiger partial charge < -0.3 is 19.7 Å². The molecular formula is C31H44O4. The molecule has 0 aliphatic heterocycles. The van der Waals surface area contributed by atoms with Gasteiger partial charge in [0.2, 0.25) is 0 Å². The van der Waals surface area contributed by atoms with Gasteiger partial charge in [-0.15, -0.1) is 0 Å². The second kappa shape index (κ2) is 14.1. The topological polar surface area (TPSA) is 58.9 Å². The van der Waals surface area contributed by atoms with E-state index in [9.17, 15) is 10.2 Å². The molecular weight excluding hydrogens is 436 g/mol. The second-order valence-corrected chi connectivity index (χ2v) is 11.0. The summed E-state index contributed by atoms with van der Waals surface area (Å²) in [7, 11) is 0. The molecule has 0 aromatic heterocycles. The van der Waals surface area contributed by atoms with Crippen LogP contribution in [0.2, 0.25) is 0 Å². The fourth-order valence-electron chi connectivity index (χ4n) is 5.59. The van der Waals surface area contributed by atoms with Gasteiger partial charge in [-0.2, -0.15) is 0 Å². The summed E-state index contributed by atoms with van der Waals surface area (Å²) in [6.45, 7) is 3.70. The molecule has 0 unspecified atom stereocenters. The third-order valence-corrected chi connectivity index (χ3v) is 8.15. The molecule has 0 amide bonds. The summed E-state index contributed by atoms with van der Waals surface area (Å²) in [6.07, 6.45) is 10.2. The predicted molar refractivity (Wildman–Crippen MR) is 140 cm³/mol. The SMILES string of the molecule is OCC1CCC(COCc2ccc(Cc3ccc(COCC4CCC(CO)CC4)cc3)cc2)CC1. The molecule has 35 heavy (non-hydrogen) atoms. The molecule has 2 aliphatic carbocycles. The molecule has 2 aromatic carbocycles. The first-order valence-corrected chi connectivity index (χ1v) is 13.7. The molecule has 4 heteroatoms. The van der Waals surface area contributed by atoms with Crippen molar-refractivity contribution < 1.29 is 19.7 Å². The first-order chi connectivity index (χ1) is 17.2. The van der Waals surface area contributed by atoms with Crippen LogP contribution in [0.15, 0.2) is 48.5 Å². The Morgan fingerprint density at radius 3 is 1.14 bits per heavy atom. The van der Waals surface area contributed by atoms with E-state index in [2.05, 4.69) is 48.5 Å². The van der Waals surface area contributed by atoms with Crippen LogP contribution in [0.1, 0.15) is 73.6 Å². The Bertz CT molecular complexity index is 760. The molecule has 2 N–H and O–H groups in total. The summed E-state index contributed by atoms with van der Waals surface area (Å²) >= 11 is 0. The Kier molecular flexibility index (Phi) is 10.6. The van der Waals surface area contributed by atoms with Crippen molar-refractivity contribution in [1.82, 2.24) is 0 Å². The van der Waals surface area contributed by atoms with Gasteiger partial charge in [0.05, 0.1) is 13.2 Å². The number of benzene rings is 2. The van der Waals surface area contributed by atoms with E-state index < -0.39 is 0 Å². The van der Waals surface area contributed by atoms with E-state index in [1.165, 1.54) is 47.9 Å². The molecule has 2 fully saturated rings. The fraction of sp³-hybridized carbons (Fsp3) is 0.613. The number of ether oxygens (including phenoxy) is 2. The summed E-state index contributed by atoms with van der Waals surface area (Å²) in [5.41, 5.74) is 5.10. The number of hydrogen-bond donors (Lipinski definition) is 2. The maximum absolute atomic E-state index is 9.27. The van der Waals surface area contributed by atoms with Gasteiger partial charge in [-0.3, -0.25) is 0 Å². The molecule has 0 bridgehead atoms. The van der Waals surface area contributed by atoms with Crippen LogP contribution in [0.25, 0.3) is 0 Å². The van der Waals surface area contributed by atoms with Crippen LogP contribution < -0.4 is 0 Å². The van der Waals surface area contributed by atoms with Gasteiger partial charge in [-0.1, -0.05) is 48.5 Å². The summed E-state index contributed by atoms with van der Waals surface area (Å²) in [5, 5.41) is 18.5. The summed E-state index contributed by atoms with van der Waals surface area (Å²) in [5.74, 6) is 2.32. The quantitative estimate of drug-likeness (QED) is 0.397. The maximum atomic E-state index is 9.27. The minimum Gasteiger partial charge on any atom is -0.396 e. The first kappa shape index (κ1) is 26.3. The van der Waals surface area contributed by atoms with Crippen LogP contribution in [0.5, 0.6) is 0 Å². The van der Waals surface area contributed by atoms with Crippen molar-refractivity contribution in [2.45, 2.75) is 71.0 Å². The van der Waals surface area contributed by atoms with Gasteiger partial charge in [0, 0.05) is 26.4 Å². The van der Waals surface area contributed by atoms with E-state index in [4.69, 9.17) is 9.47 Å². The number of aliphatic hydroxyl groups excluding tert-OH is 2. The lowest BCUT2D eigenvalue weighted by atomic mass is 9.83. The maximum Gasteiger partial charge on any atom is 0.0717 e. The van der Waals surface area contributed by atoms with Crippen LogP contribution >= 0.6 is 0 Å². The lowest BCUT2D eigenvalue weighted by molar-refractivity contribution is 0.0602. The molecule has 0 saturated heterocycles. The highest BCUT2D eigenvalue weighted by atomic mass is 16.5. The number of rotatable bonds is 12. The van der Waals surface area contributed by atoms with Gasteiger partial charge >= 0.3 is 0 Å². The molecule has 192 valence electrons. The van der Waals surface area contributed by atoms with Crippen molar-refractivity contribution in [2.75, 3.05) is 26.4 Å². The highest BCUT2D eigenvalue weighted by Gasteiger charge is 2.21. The van der Waals surface area contributed by atoms with Crippen molar-refractivity contribution in [3.8, 4) is 0 Å². The highest BCUT2D eigenvalue weighted by molar-refractivity contribution is 5.30. The van der Waals surface area contributed by atoms with Crippen LogP contribution in [0.4, 0.5) is 0 Å². The standard InChI is InChI=1S/C31H44O4/c32-18-26-5-13-30(14-6-26)22-34-20-28-9-1-24(2-10-28)17-25-3-11-29(12-4-25)21-35-23-31-15-7-27(19-33)8-16-31/h1-4,9-12,26-27,30-33H,5-8,13-23H2. The van der Waals surface area contributed by atoms with E-state index in [1.54, 1.807) is 0 Å². The lowest BCUT2D eigenvalue weighted by Gasteiger charge is -2.27. The largest absolute Gasteiger partial charge is 0.396 e. The Balaban J connectivity index is 1.12. The molecule has 0 spiro atoms. The summed E-state index contributed by atoms with van der Waals surface area (Å²) in [6, 6.07) is 17.6. The zero-order valence-corrected chi connectivity index (χ0v) is 21.2. The molecule has 4 rings (SSSR count). The van der Waals surface area contributed by atoms with Crippen molar-refractivity contribution >= 4 is 0 Å². The first-order valence-electron chi connectivity index (χ1n) is 13.7. The van der Waals surface area contributed by atoms with Gasteiger partial charge in [0.25, 0.3) is 0 Å². The predicted octanol–water partition coefficient (Wildman–Crippen LogP) is 5.91. The van der Waals surface area contributed by atoms with Crippen molar-refractivity contribution in [1.29, 1.82) is 0 Å². The monoisotopic (exact) mass is 480 g/mol. The average molecular weight is 481 g/mol. The van der Waals surface area contributed by atoms with Crippen LogP contribution in [0, 0.1) is 23.7 Å². The molecule has 2 aromatic rings. The zero-order valence-electron chi connectivity index (χ0n) is 21.2. The van der Waals surface area contributed by atoms with Crippen molar-refractivity contribution in [3.05, 3.63) is 70.8 Å². The Labute approximate surface area is 211 Å². The summed E-state index contributed by atoms with van der Waals surface area (Å²) < 4.78 is 12.0. The Morgan fingerprint density at radius 1 is 0.486 bits per heavy atom. The zero-order chi connectivity index (χ0) is 24.3. The molecule has 4 nitrogen and oxygen atoms in total. The van der Waals surface area contributed by atoms with E-state index in [0.717, 1.165) is 45.3 Å². The van der Waals surface area contributed by atoms with Crippen LogP contribution in [0.3, 0.4) is 0 Å². The normalized spacial score (nSPS) is 25.0. The molecule has 0 heterocycles. The molecule has 2 aliphatic rings. The summed E-state index contributed by atoms with van der Waals surface area (Å²) in [4.78, 5) is 0. The van der Waals surface area contributed by atoms with Gasteiger partial charge in [-0.25, -0.2) is 0 Å². The minimum absolute atomic E-state index is 0.340.